The van der Waals surface area contributed by atoms with Gasteiger partial charge in [-0.3, -0.25) is 9.59 Å². The number of amides is 1. The first-order valence-electron chi connectivity index (χ1n) is 8.58. The van der Waals surface area contributed by atoms with Gasteiger partial charge in [0.05, 0.1) is 6.04 Å². The lowest BCUT2D eigenvalue weighted by Crippen LogP contribution is -2.34. The first-order chi connectivity index (χ1) is 12.8. The number of pyridine rings is 1. The van der Waals surface area contributed by atoms with Crippen molar-refractivity contribution in [3.05, 3.63) is 69.1 Å². The Hall–Kier alpha value is -2.61. The Kier molecular flexibility index (Phi) is 6.79. The summed E-state index contributed by atoms with van der Waals surface area (Å²) in [6.07, 6.45) is -2.12. The lowest BCUT2D eigenvalue weighted by atomic mass is 9.87. The normalized spacial score (nSPS) is 16.0. The van der Waals surface area contributed by atoms with Crippen LogP contribution in [-0.2, 0) is 12.6 Å². The third-order valence-corrected chi connectivity index (χ3v) is 4.13. The molecule has 1 aromatic carbocycles. The molecule has 1 aliphatic rings. The number of nitrogens with one attached hydrogen (secondary N) is 2. The smallest absolute Gasteiger partial charge is 0.397 e. The van der Waals surface area contributed by atoms with Gasteiger partial charge in [0.1, 0.15) is 11.3 Å². The first kappa shape index (κ1) is 20.7. The summed E-state index contributed by atoms with van der Waals surface area (Å²) in [6.45, 7) is 1.93. The van der Waals surface area contributed by atoms with E-state index in [9.17, 15) is 22.8 Å². The third-order valence-electron chi connectivity index (χ3n) is 4.13. The average molecular weight is 382 g/mol. The standard InChI is InChI=1S/C17H15F3N2O2.C2H6O/c18-17(19,20)14-9-8-12(16(24)22-14)15(23)21-13-7-3-5-10-4-1-2-6-11(10)13;1-2-3/h1-2,4,6,8-9,13H,3,5,7H2,(H,21,23)(H,22,24);3H,2H2,1H3/t13-;/m1./s1. The van der Waals surface area contributed by atoms with Gasteiger partial charge in [-0.25, -0.2) is 0 Å². The molecule has 0 aliphatic heterocycles. The molecule has 0 bridgehead atoms. The number of hydrogen-bond donors (Lipinski definition) is 3. The lowest BCUT2D eigenvalue weighted by Gasteiger charge is -2.26. The minimum atomic E-state index is -4.66. The zero-order chi connectivity index (χ0) is 20.0. The summed E-state index contributed by atoms with van der Waals surface area (Å²) in [5, 5.41) is 10.3. The summed E-state index contributed by atoms with van der Waals surface area (Å²) in [5.41, 5.74) is -0.430. The van der Waals surface area contributed by atoms with Crippen LogP contribution in [0, 0.1) is 0 Å². The number of rotatable bonds is 2. The van der Waals surface area contributed by atoms with Crippen LogP contribution in [0.2, 0.25) is 0 Å². The number of hydrogen-bond acceptors (Lipinski definition) is 3. The molecule has 0 radical (unpaired) electrons. The van der Waals surface area contributed by atoms with Gasteiger partial charge in [0.15, 0.2) is 0 Å². The molecule has 0 spiro atoms. The number of aliphatic hydroxyl groups is 1. The van der Waals surface area contributed by atoms with Gasteiger partial charge in [-0.2, -0.15) is 13.2 Å². The molecule has 0 fully saturated rings. The van der Waals surface area contributed by atoms with Crippen LogP contribution in [-0.4, -0.2) is 22.6 Å². The second kappa shape index (κ2) is 8.85. The Labute approximate surface area is 154 Å². The number of carbonyl (C=O) groups is 1. The Balaban J connectivity index is 0.000000817. The second-order valence-corrected chi connectivity index (χ2v) is 6.05. The van der Waals surface area contributed by atoms with E-state index >= 15 is 0 Å². The predicted octanol–water partition coefficient (Wildman–Crippen LogP) is 3.20. The predicted molar refractivity (Wildman–Crippen MR) is 94.4 cm³/mol. The molecule has 0 unspecified atom stereocenters. The molecule has 27 heavy (non-hydrogen) atoms. The zero-order valence-corrected chi connectivity index (χ0v) is 14.8. The number of aliphatic hydroxyl groups excluding tert-OH is 1. The molecule has 1 atom stereocenters. The van der Waals surface area contributed by atoms with Crippen molar-refractivity contribution < 1.29 is 23.1 Å². The van der Waals surface area contributed by atoms with Crippen molar-refractivity contribution in [3.8, 4) is 0 Å². The quantitative estimate of drug-likeness (QED) is 0.746. The van der Waals surface area contributed by atoms with Gasteiger partial charge in [-0.05, 0) is 49.4 Å². The molecule has 1 amide bonds. The summed E-state index contributed by atoms with van der Waals surface area (Å²) in [7, 11) is 0. The van der Waals surface area contributed by atoms with Gasteiger partial charge < -0.3 is 15.4 Å². The van der Waals surface area contributed by atoms with Crippen molar-refractivity contribution in [3.63, 3.8) is 0 Å². The molecule has 146 valence electrons. The molecule has 3 rings (SSSR count). The maximum Gasteiger partial charge on any atom is 0.431 e. The lowest BCUT2D eigenvalue weighted by molar-refractivity contribution is -0.141. The van der Waals surface area contributed by atoms with Crippen molar-refractivity contribution in [1.29, 1.82) is 0 Å². The van der Waals surface area contributed by atoms with Crippen molar-refractivity contribution >= 4 is 5.91 Å². The van der Waals surface area contributed by atoms with E-state index in [1.54, 1.807) is 11.9 Å². The van der Waals surface area contributed by atoms with E-state index < -0.39 is 23.3 Å². The molecule has 3 N–H and O–H groups in total. The van der Waals surface area contributed by atoms with Gasteiger partial charge >= 0.3 is 6.18 Å². The number of carbonyl (C=O) groups excluding carboxylic acids is 1. The molecule has 0 saturated heterocycles. The van der Waals surface area contributed by atoms with Crippen LogP contribution in [0.15, 0.2) is 41.2 Å². The molecule has 8 heteroatoms. The third kappa shape index (κ3) is 5.19. The summed E-state index contributed by atoms with van der Waals surface area (Å²) < 4.78 is 37.7. The van der Waals surface area contributed by atoms with Gasteiger partial charge in [0.2, 0.25) is 0 Å². The van der Waals surface area contributed by atoms with Gasteiger partial charge in [0, 0.05) is 6.61 Å². The van der Waals surface area contributed by atoms with Crippen molar-refractivity contribution in [2.75, 3.05) is 6.61 Å². The summed E-state index contributed by atoms with van der Waals surface area (Å²) in [6, 6.07) is 9.05. The molecule has 1 aromatic heterocycles. The fraction of sp³-hybridized carbons (Fsp3) is 0.368. The zero-order valence-electron chi connectivity index (χ0n) is 14.8. The highest BCUT2D eigenvalue weighted by Gasteiger charge is 2.32. The number of benzene rings is 1. The maximum atomic E-state index is 12.6. The average Bonchev–Trinajstić information content (AvgIpc) is 2.62. The molecule has 0 saturated carbocycles. The molecular formula is C19H21F3N2O3. The van der Waals surface area contributed by atoms with E-state index in [4.69, 9.17) is 5.11 Å². The van der Waals surface area contributed by atoms with E-state index in [-0.39, 0.29) is 18.2 Å². The minimum Gasteiger partial charge on any atom is -0.397 e. The molecular weight excluding hydrogens is 361 g/mol. The Morgan fingerprint density at radius 3 is 2.56 bits per heavy atom. The van der Waals surface area contributed by atoms with Crippen molar-refractivity contribution in [2.45, 2.75) is 38.4 Å². The van der Waals surface area contributed by atoms with Crippen LogP contribution in [0.1, 0.15) is 53.0 Å². The number of aromatic nitrogens is 1. The van der Waals surface area contributed by atoms with E-state index in [1.165, 1.54) is 0 Å². The fourth-order valence-corrected chi connectivity index (χ4v) is 2.96. The van der Waals surface area contributed by atoms with Crippen molar-refractivity contribution in [2.24, 2.45) is 0 Å². The summed E-state index contributed by atoms with van der Waals surface area (Å²) in [4.78, 5) is 25.8. The first-order valence-corrected chi connectivity index (χ1v) is 8.58. The van der Waals surface area contributed by atoms with Crippen LogP contribution in [0.3, 0.4) is 0 Å². The largest absolute Gasteiger partial charge is 0.431 e. The monoisotopic (exact) mass is 382 g/mol. The summed E-state index contributed by atoms with van der Waals surface area (Å²) >= 11 is 0. The Morgan fingerprint density at radius 1 is 1.26 bits per heavy atom. The van der Waals surface area contributed by atoms with Crippen LogP contribution < -0.4 is 10.9 Å². The topological polar surface area (TPSA) is 82.2 Å². The number of aromatic amines is 1. The number of fused-ring (bicyclic) bond motifs is 1. The molecule has 2 aromatic rings. The van der Waals surface area contributed by atoms with Crippen LogP contribution in [0.4, 0.5) is 13.2 Å². The van der Waals surface area contributed by atoms with Gasteiger partial charge in [-0.15, -0.1) is 0 Å². The highest BCUT2D eigenvalue weighted by molar-refractivity contribution is 5.94. The summed E-state index contributed by atoms with van der Waals surface area (Å²) in [5.74, 6) is -0.674. The number of H-pyrrole nitrogens is 1. The van der Waals surface area contributed by atoms with Crippen LogP contribution in [0.25, 0.3) is 0 Å². The Bertz CT molecular complexity index is 847. The highest BCUT2D eigenvalue weighted by Crippen LogP contribution is 2.30. The fourth-order valence-electron chi connectivity index (χ4n) is 2.96. The minimum absolute atomic E-state index is 0.246. The van der Waals surface area contributed by atoms with E-state index in [0.717, 1.165) is 36.5 Å². The van der Waals surface area contributed by atoms with E-state index in [1.807, 2.05) is 24.3 Å². The number of halogens is 3. The van der Waals surface area contributed by atoms with Gasteiger partial charge in [-0.1, -0.05) is 24.3 Å². The van der Waals surface area contributed by atoms with E-state index in [0.29, 0.717) is 6.07 Å². The SMILES string of the molecule is CCO.O=C(N[C@@H]1CCCc2ccccc21)c1ccc(C(F)(F)F)[nH]c1=O. The van der Waals surface area contributed by atoms with Crippen LogP contribution >= 0.6 is 0 Å². The van der Waals surface area contributed by atoms with E-state index in [2.05, 4.69) is 5.32 Å². The molecule has 5 nitrogen and oxygen atoms in total. The molecule has 1 heterocycles. The van der Waals surface area contributed by atoms with Gasteiger partial charge in [0.25, 0.3) is 11.5 Å². The van der Waals surface area contributed by atoms with Crippen LogP contribution in [0.5, 0.6) is 0 Å². The second-order valence-electron chi connectivity index (χ2n) is 6.05. The maximum absolute atomic E-state index is 12.6. The number of alkyl halides is 3. The number of aryl methyl sites for hydroxylation is 1. The Morgan fingerprint density at radius 2 is 1.93 bits per heavy atom. The highest BCUT2D eigenvalue weighted by atomic mass is 19.4. The van der Waals surface area contributed by atoms with Crippen molar-refractivity contribution in [1.82, 2.24) is 10.3 Å². The molecule has 1 aliphatic carbocycles.